The molecule has 0 bridgehead atoms. The van der Waals surface area contributed by atoms with Crippen molar-refractivity contribution in [1.82, 2.24) is 0 Å². The SMILES string of the molecule is C=Cc1ccc(C(CCCCCCCCC)CCCCCCCCC(=O)[O-])cc1.C=Cc1ccc(C(CCCCCCCCC)CCCCCCCCC(=O)[O-])cc1.[Ca+2]. The smallest absolute Gasteiger partial charge is 0.550 e. The fourth-order valence-corrected chi connectivity index (χ4v) is 8.19. The molecule has 0 saturated heterocycles. The molecule has 2 atom stereocenters. The van der Waals surface area contributed by atoms with Crippen molar-refractivity contribution in [3.63, 3.8) is 0 Å². The van der Waals surface area contributed by atoms with E-state index in [1.165, 1.54) is 176 Å². The first-order valence-corrected chi connectivity index (χ1v) is 24.2. The molecule has 0 spiro atoms. The molecular formula is C54H86CaO4. The molecule has 2 aromatic rings. The molecule has 0 aromatic heterocycles. The third kappa shape index (κ3) is 33.4. The molecule has 0 fully saturated rings. The minimum atomic E-state index is -0.916. The van der Waals surface area contributed by atoms with Gasteiger partial charge < -0.3 is 19.8 Å². The maximum atomic E-state index is 10.4. The second-order valence-electron chi connectivity index (χ2n) is 17.0. The van der Waals surface area contributed by atoms with E-state index in [4.69, 9.17) is 0 Å². The van der Waals surface area contributed by atoms with Gasteiger partial charge in [-0.05, 0) is 85.5 Å². The zero-order chi connectivity index (χ0) is 42.3. The number of carbonyl (C=O) groups is 2. The molecule has 59 heavy (non-hydrogen) atoms. The zero-order valence-electron chi connectivity index (χ0n) is 38.3. The number of hydrogen-bond donors (Lipinski definition) is 0. The average Bonchev–Trinajstić information content (AvgIpc) is 3.23. The van der Waals surface area contributed by atoms with Crippen LogP contribution in [0.2, 0.25) is 0 Å². The van der Waals surface area contributed by atoms with Crippen LogP contribution in [0.25, 0.3) is 12.2 Å². The Bertz CT molecular complexity index is 1170. The van der Waals surface area contributed by atoms with Gasteiger partial charge >= 0.3 is 37.7 Å². The Morgan fingerprint density at radius 1 is 0.424 bits per heavy atom. The van der Waals surface area contributed by atoms with Crippen molar-refractivity contribution in [2.45, 2.75) is 231 Å². The van der Waals surface area contributed by atoms with Crippen molar-refractivity contribution < 1.29 is 19.8 Å². The summed E-state index contributed by atoms with van der Waals surface area (Å²) in [6, 6.07) is 17.9. The van der Waals surface area contributed by atoms with Crippen LogP contribution < -0.4 is 10.2 Å². The molecular weight excluding hydrogens is 753 g/mol. The largest absolute Gasteiger partial charge is 2.00 e. The van der Waals surface area contributed by atoms with Gasteiger partial charge in [0.1, 0.15) is 0 Å². The second kappa shape index (κ2) is 41.5. The minimum absolute atomic E-state index is 0. The van der Waals surface area contributed by atoms with Gasteiger partial charge in [-0.25, -0.2) is 0 Å². The number of unbranched alkanes of at least 4 members (excludes halogenated alkanes) is 22. The molecule has 0 aliphatic carbocycles. The minimum Gasteiger partial charge on any atom is -0.550 e. The van der Waals surface area contributed by atoms with Gasteiger partial charge in [0, 0.05) is 11.9 Å². The molecule has 328 valence electrons. The summed E-state index contributed by atoms with van der Waals surface area (Å²) in [7, 11) is 0. The molecule has 0 saturated carbocycles. The normalized spacial score (nSPS) is 11.8. The number of rotatable bonds is 38. The first kappa shape index (κ1) is 57.1. The van der Waals surface area contributed by atoms with Crippen LogP contribution in [0.4, 0.5) is 0 Å². The van der Waals surface area contributed by atoms with E-state index in [-0.39, 0.29) is 50.6 Å². The molecule has 0 heterocycles. The van der Waals surface area contributed by atoms with E-state index in [1.807, 2.05) is 12.2 Å². The maximum Gasteiger partial charge on any atom is 2.00 e. The first-order valence-electron chi connectivity index (χ1n) is 24.2. The van der Waals surface area contributed by atoms with Crippen LogP contribution in [0.5, 0.6) is 0 Å². The van der Waals surface area contributed by atoms with Crippen LogP contribution in [-0.2, 0) is 9.59 Å². The molecule has 0 N–H and O–H groups in total. The van der Waals surface area contributed by atoms with Gasteiger partial charge in [-0.3, -0.25) is 0 Å². The fraction of sp³-hybridized carbons (Fsp3) is 0.667. The van der Waals surface area contributed by atoms with Crippen LogP contribution in [0.15, 0.2) is 61.7 Å². The van der Waals surface area contributed by atoms with Crippen LogP contribution in [0, 0.1) is 0 Å². The molecule has 0 aliphatic heterocycles. The van der Waals surface area contributed by atoms with Crippen LogP contribution >= 0.6 is 0 Å². The topological polar surface area (TPSA) is 80.3 Å². The number of carboxylic acid groups (broad SMARTS) is 2. The van der Waals surface area contributed by atoms with Crippen molar-refractivity contribution in [1.29, 1.82) is 0 Å². The van der Waals surface area contributed by atoms with Crippen molar-refractivity contribution in [3.8, 4) is 0 Å². The summed E-state index contributed by atoms with van der Waals surface area (Å²) in [4.78, 5) is 20.9. The van der Waals surface area contributed by atoms with Crippen molar-refractivity contribution in [2.75, 3.05) is 0 Å². The molecule has 2 aromatic carbocycles. The number of aliphatic carboxylic acids is 2. The Kier molecular flexibility index (Phi) is 40.1. The Labute approximate surface area is 393 Å². The van der Waals surface area contributed by atoms with E-state index in [2.05, 4.69) is 75.5 Å². The third-order valence-corrected chi connectivity index (χ3v) is 12.0. The number of carboxylic acids is 2. The van der Waals surface area contributed by atoms with Gasteiger partial charge in [-0.15, -0.1) is 0 Å². The second-order valence-corrected chi connectivity index (χ2v) is 17.0. The molecule has 2 rings (SSSR count). The molecule has 0 radical (unpaired) electrons. The predicted octanol–water partition coefficient (Wildman–Crippen LogP) is 14.5. The maximum absolute atomic E-state index is 10.4. The Morgan fingerprint density at radius 2 is 0.661 bits per heavy atom. The molecule has 5 heteroatoms. The summed E-state index contributed by atoms with van der Waals surface area (Å²) in [6.07, 6.45) is 41.8. The molecule has 0 amide bonds. The van der Waals surface area contributed by atoms with Crippen LogP contribution in [0.1, 0.15) is 253 Å². The number of carbonyl (C=O) groups excluding carboxylic acids is 2. The van der Waals surface area contributed by atoms with E-state index in [0.717, 1.165) is 38.5 Å². The van der Waals surface area contributed by atoms with Crippen LogP contribution in [0.3, 0.4) is 0 Å². The predicted molar refractivity (Wildman–Crippen MR) is 253 cm³/mol. The van der Waals surface area contributed by atoms with Gasteiger partial charge in [0.15, 0.2) is 0 Å². The van der Waals surface area contributed by atoms with E-state index in [1.54, 1.807) is 0 Å². The van der Waals surface area contributed by atoms with Crippen LogP contribution in [-0.4, -0.2) is 49.7 Å². The van der Waals surface area contributed by atoms with E-state index >= 15 is 0 Å². The third-order valence-electron chi connectivity index (χ3n) is 12.0. The Morgan fingerprint density at radius 3 is 0.898 bits per heavy atom. The Balaban J connectivity index is 0.00000112. The standard InChI is InChI=1S/2C27H44O2.Ca/c2*1-3-5-6-7-8-11-14-17-25(26-22-20-24(4-2)21-23-26)18-15-12-9-10-13-16-19-27(28)29;/h2*4,20-23,25H,2-3,5-19H2,1H3,(H,28,29);/q;;+2/p-2. The monoisotopic (exact) mass is 839 g/mol. The summed E-state index contributed by atoms with van der Waals surface area (Å²) >= 11 is 0. The average molecular weight is 839 g/mol. The quantitative estimate of drug-likeness (QED) is 0.0498. The number of hydrogen-bond acceptors (Lipinski definition) is 4. The molecule has 4 nitrogen and oxygen atoms in total. The first-order chi connectivity index (χ1) is 28.3. The van der Waals surface area contributed by atoms with E-state index < -0.39 is 11.9 Å². The van der Waals surface area contributed by atoms with E-state index in [0.29, 0.717) is 11.8 Å². The zero-order valence-corrected chi connectivity index (χ0v) is 40.5. The summed E-state index contributed by atoms with van der Waals surface area (Å²) in [5.74, 6) is -0.494. The summed E-state index contributed by atoms with van der Waals surface area (Å²) in [6.45, 7) is 12.3. The van der Waals surface area contributed by atoms with Crippen molar-refractivity contribution in [3.05, 3.63) is 83.9 Å². The van der Waals surface area contributed by atoms with Gasteiger partial charge in [0.05, 0.1) is 0 Å². The Hall–Kier alpha value is -1.88. The van der Waals surface area contributed by atoms with Crippen molar-refractivity contribution in [2.24, 2.45) is 0 Å². The molecule has 0 aliphatic rings. The van der Waals surface area contributed by atoms with Crippen molar-refractivity contribution >= 4 is 61.8 Å². The molecule has 2 unspecified atom stereocenters. The number of benzene rings is 2. The summed E-state index contributed by atoms with van der Waals surface area (Å²) in [5.41, 5.74) is 5.35. The fourth-order valence-electron chi connectivity index (χ4n) is 8.19. The van der Waals surface area contributed by atoms with E-state index in [9.17, 15) is 19.8 Å². The van der Waals surface area contributed by atoms with Gasteiger partial charge in [-0.2, -0.15) is 0 Å². The van der Waals surface area contributed by atoms with Gasteiger partial charge in [-0.1, -0.05) is 242 Å². The van der Waals surface area contributed by atoms with Gasteiger partial charge in [0.25, 0.3) is 0 Å². The summed E-state index contributed by atoms with van der Waals surface area (Å²) in [5, 5.41) is 20.9. The van der Waals surface area contributed by atoms with Gasteiger partial charge in [0.2, 0.25) is 0 Å². The summed E-state index contributed by atoms with van der Waals surface area (Å²) < 4.78 is 0.